The molecule has 1 N–H and O–H groups in total. The minimum absolute atomic E-state index is 0.0853. The number of aromatic nitrogens is 2. The van der Waals surface area contributed by atoms with E-state index >= 15 is 0 Å². The zero-order valence-electron chi connectivity index (χ0n) is 15.0. The Morgan fingerprint density at radius 3 is 2.48 bits per heavy atom. The van der Waals surface area contributed by atoms with Gasteiger partial charge in [0.2, 0.25) is 5.91 Å². The lowest BCUT2D eigenvalue weighted by molar-refractivity contribution is -0.137. The molecule has 8 heteroatoms. The van der Waals surface area contributed by atoms with Crippen LogP contribution in [-0.4, -0.2) is 62.8 Å². The number of aryl methyl sites for hydroxylation is 2. The van der Waals surface area contributed by atoms with Crippen LogP contribution in [0.25, 0.3) is 0 Å². The van der Waals surface area contributed by atoms with Gasteiger partial charge < -0.3 is 10.2 Å². The molecular formula is C17H23N5O3. The highest BCUT2D eigenvalue weighted by molar-refractivity contribution is 6.08. The smallest absolute Gasteiger partial charge is 0.325 e. The summed E-state index contributed by atoms with van der Waals surface area (Å²) in [6.07, 6.45) is 0.778. The first-order chi connectivity index (χ1) is 11.7. The first-order valence-corrected chi connectivity index (χ1v) is 8.41. The van der Waals surface area contributed by atoms with E-state index in [0.29, 0.717) is 13.1 Å². The third-order valence-corrected chi connectivity index (χ3v) is 4.64. The zero-order chi connectivity index (χ0) is 18.4. The number of hydrogen-bond acceptors (Lipinski definition) is 5. The Balaban J connectivity index is 1.65. The first-order valence-electron chi connectivity index (χ1n) is 8.41. The Kier molecular flexibility index (Phi) is 4.22. The van der Waals surface area contributed by atoms with Crippen molar-refractivity contribution in [2.75, 3.05) is 19.6 Å². The number of rotatable bonds is 3. The van der Waals surface area contributed by atoms with Crippen LogP contribution in [0.5, 0.6) is 0 Å². The minimum atomic E-state index is -0.960. The number of carbonyl (C=O) groups excluding carboxylic acids is 3. The molecule has 8 nitrogen and oxygen atoms in total. The highest BCUT2D eigenvalue weighted by atomic mass is 16.2. The number of hydrogen-bond donors (Lipinski definition) is 1. The molecule has 25 heavy (non-hydrogen) atoms. The first kappa shape index (κ1) is 17.3. The van der Waals surface area contributed by atoms with Gasteiger partial charge >= 0.3 is 6.03 Å². The molecule has 2 aliphatic heterocycles. The highest BCUT2D eigenvalue weighted by Gasteiger charge is 2.45. The number of likely N-dealkylation sites (tertiary alicyclic amines) is 1. The molecule has 1 unspecified atom stereocenters. The Bertz CT molecular complexity index is 726. The van der Waals surface area contributed by atoms with Crippen LogP contribution in [0.4, 0.5) is 4.79 Å². The highest BCUT2D eigenvalue weighted by Crippen LogP contribution is 2.26. The summed E-state index contributed by atoms with van der Waals surface area (Å²) in [6.45, 7) is 7.96. The van der Waals surface area contributed by atoms with Crippen LogP contribution in [0.1, 0.15) is 43.4 Å². The molecule has 2 saturated heterocycles. The number of carbonyl (C=O) groups is 3. The standard InChI is InChI=1S/C17H23N5O3/c1-10-7-11(2)19-14(18-10)12-5-6-21(8-12)13(23)9-22-15(24)17(3,4)20-16(22)25/h7,12H,5-6,8-9H2,1-4H3,(H,20,25). The van der Waals surface area contributed by atoms with Gasteiger partial charge in [0.1, 0.15) is 17.9 Å². The van der Waals surface area contributed by atoms with Crippen LogP contribution in [-0.2, 0) is 9.59 Å². The second kappa shape index (κ2) is 6.09. The topological polar surface area (TPSA) is 95.5 Å². The van der Waals surface area contributed by atoms with E-state index in [1.54, 1.807) is 18.7 Å². The summed E-state index contributed by atoms with van der Waals surface area (Å²) in [4.78, 5) is 48.3. The summed E-state index contributed by atoms with van der Waals surface area (Å²) < 4.78 is 0. The Morgan fingerprint density at radius 2 is 1.92 bits per heavy atom. The van der Waals surface area contributed by atoms with E-state index in [-0.39, 0.29) is 24.3 Å². The molecule has 3 heterocycles. The molecule has 1 aromatic rings. The lowest BCUT2D eigenvalue weighted by atomic mass is 10.1. The predicted octanol–water partition coefficient (Wildman–Crippen LogP) is 0.740. The van der Waals surface area contributed by atoms with E-state index in [2.05, 4.69) is 15.3 Å². The van der Waals surface area contributed by atoms with Crippen molar-refractivity contribution in [3.05, 3.63) is 23.3 Å². The van der Waals surface area contributed by atoms with Crippen LogP contribution < -0.4 is 5.32 Å². The maximum atomic E-state index is 12.5. The summed E-state index contributed by atoms with van der Waals surface area (Å²) in [5.74, 6) is 0.235. The van der Waals surface area contributed by atoms with Crippen LogP contribution in [0.3, 0.4) is 0 Å². The fraction of sp³-hybridized carbons (Fsp3) is 0.588. The maximum absolute atomic E-state index is 12.5. The predicted molar refractivity (Wildman–Crippen MR) is 89.8 cm³/mol. The normalized spacial score (nSPS) is 22.5. The van der Waals surface area contributed by atoms with Crippen LogP contribution in [0, 0.1) is 13.8 Å². The van der Waals surface area contributed by atoms with Crippen molar-refractivity contribution in [2.24, 2.45) is 0 Å². The Morgan fingerprint density at radius 1 is 1.28 bits per heavy atom. The summed E-state index contributed by atoms with van der Waals surface area (Å²) in [5.41, 5.74) is 0.861. The van der Waals surface area contributed by atoms with Gasteiger partial charge in [-0.2, -0.15) is 0 Å². The Hall–Kier alpha value is -2.51. The second-order valence-corrected chi connectivity index (χ2v) is 7.28. The molecule has 2 fully saturated rings. The molecule has 0 aromatic carbocycles. The molecule has 0 radical (unpaired) electrons. The van der Waals surface area contributed by atoms with Gasteiger partial charge in [0.05, 0.1) is 0 Å². The van der Waals surface area contributed by atoms with E-state index in [1.807, 2.05) is 19.9 Å². The van der Waals surface area contributed by atoms with Crippen LogP contribution >= 0.6 is 0 Å². The van der Waals surface area contributed by atoms with Gasteiger partial charge in [-0.3, -0.25) is 14.5 Å². The number of urea groups is 1. The monoisotopic (exact) mass is 345 g/mol. The molecule has 0 saturated carbocycles. The number of imide groups is 1. The molecule has 0 bridgehead atoms. The lowest BCUT2D eigenvalue weighted by Gasteiger charge is -2.20. The van der Waals surface area contributed by atoms with Gasteiger partial charge in [-0.1, -0.05) is 0 Å². The largest absolute Gasteiger partial charge is 0.340 e. The van der Waals surface area contributed by atoms with Crippen molar-refractivity contribution in [1.82, 2.24) is 25.1 Å². The Labute approximate surface area is 146 Å². The fourth-order valence-corrected chi connectivity index (χ4v) is 3.33. The van der Waals surface area contributed by atoms with Crippen LogP contribution in [0.2, 0.25) is 0 Å². The fourth-order valence-electron chi connectivity index (χ4n) is 3.33. The molecule has 3 rings (SSSR count). The molecule has 4 amide bonds. The van der Waals surface area contributed by atoms with Gasteiger partial charge in [-0.05, 0) is 40.2 Å². The number of nitrogens with zero attached hydrogens (tertiary/aromatic N) is 4. The van der Waals surface area contributed by atoms with Gasteiger partial charge in [0, 0.05) is 30.4 Å². The van der Waals surface area contributed by atoms with E-state index in [4.69, 9.17) is 0 Å². The SMILES string of the molecule is Cc1cc(C)nc(C2CCN(C(=O)CN3C(=O)NC(C)(C)C3=O)C2)n1. The molecule has 1 atom stereocenters. The van der Waals surface area contributed by atoms with Gasteiger partial charge in [-0.15, -0.1) is 0 Å². The quantitative estimate of drug-likeness (QED) is 0.815. The molecule has 0 spiro atoms. The number of nitrogens with one attached hydrogen (secondary N) is 1. The van der Waals surface area contributed by atoms with E-state index < -0.39 is 11.6 Å². The van der Waals surface area contributed by atoms with Crippen molar-refractivity contribution in [3.8, 4) is 0 Å². The average Bonchev–Trinajstić information content (AvgIpc) is 3.06. The van der Waals surface area contributed by atoms with Crippen molar-refractivity contribution in [2.45, 2.75) is 45.6 Å². The maximum Gasteiger partial charge on any atom is 0.325 e. The molecule has 2 aliphatic rings. The second-order valence-electron chi connectivity index (χ2n) is 7.28. The summed E-state index contributed by atoms with van der Waals surface area (Å²) >= 11 is 0. The molecule has 134 valence electrons. The van der Waals surface area contributed by atoms with Crippen molar-refractivity contribution >= 4 is 17.8 Å². The minimum Gasteiger partial charge on any atom is -0.340 e. The van der Waals surface area contributed by atoms with Gasteiger partial charge in [0.25, 0.3) is 5.91 Å². The molecule has 0 aliphatic carbocycles. The summed E-state index contributed by atoms with van der Waals surface area (Å²) in [7, 11) is 0. The van der Waals surface area contributed by atoms with Gasteiger partial charge in [-0.25, -0.2) is 14.8 Å². The van der Waals surface area contributed by atoms with Crippen molar-refractivity contribution < 1.29 is 14.4 Å². The molecule has 1 aromatic heterocycles. The van der Waals surface area contributed by atoms with Crippen LogP contribution in [0.15, 0.2) is 6.07 Å². The third kappa shape index (κ3) is 3.33. The van der Waals surface area contributed by atoms with Crippen molar-refractivity contribution in [3.63, 3.8) is 0 Å². The van der Waals surface area contributed by atoms with Gasteiger partial charge in [0.15, 0.2) is 0 Å². The van der Waals surface area contributed by atoms with E-state index in [1.165, 1.54) is 0 Å². The number of amides is 4. The summed E-state index contributed by atoms with van der Waals surface area (Å²) in [5, 5.41) is 2.58. The molecular weight excluding hydrogens is 322 g/mol. The van der Waals surface area contributed by atoms with E-state index in [0.717, 1.165) is 28.5 Å². The average molecular weight is 345 g/mol. The van der Waals surface area contributed by atoms with Crippen molar-refractivity contribution in [1.29, 1.82) is 0 Å². The third-order valence-electron chi connectivity index (χ3n) is 4.64. The lowest BCUT2D eigenvalue weighted by Crippen LogP contribution is -2.44. The summed E-state index contributed by atoms with van der Waals surface area (Å²) in [6, 6.07) is 1.40. The van der Waals surface area contributed by atoms with E-state index in [9.17, 15) is 14.4 Å². The zero-order valence-corrected chi connectivity index (χ0v) is 15.0.